The Balaban J connectivity index is 3.15. The lowest BCUT2D eigenvalue weighted by atomic mass is 10.1. The number of nitrogens with zero attached hydrogens (tertiary/aromatic N) is 3. The third kappa shape index (κ3) is 1.82. The predicted molar refractivity (Wildman–Crippen MR) is 49.2 cm³/mol. The molecule has 0 aliphatic heterocycles. The zero-order valence-electron chi connectivity index (χ0n) is 7.56. The zero-order chi connectivity index (χ0) is 9.84. The van der Waals surface area contributed by atoms with Crippen molar-refractivity contribution >= 4 is 11.6 Å². The van der Waals surface area contributed by atoms with Crippen molar-refractivity contribution in [2.75, 3.05) is 14.1 Å². The van der Waals surface area contributed by atoms with Crippen molar-refractivity contribution in [1.29, 1.82) is 5.39 Å². The van der Waals surface area contributed by atoms with Crippen LogP contribution in [0.5, 0.6) is 0 Å². The number of amides is 1. The Bertz CT molecular complexity index is 365. The maximum atomic E-state index is 11.5. The molecule has 0 unspecified atom stereocenters. The summed E-state index contributed by atoms with van der Waals surface area (Å²) in [5, 5.41) is 8.60. The molecule has 1 aromatic rings. The highest BCUT2D eigenvalue weighted by atomic mass is 16.2. The van der Waals surface area contributed by atoms with E-state index in [1.807, 2.05) is 0 Å². The van der Waals surface area contributed by atoms with Crippen LogP contribution >= 0.6 is 0 Å². The molecule has 0 radical (unpaired) electrons. The number of carbonyl (C=O) groups excluding carboxylic acids is 1. The molecule has 0 aliphatic carbocycles. The first-order valence-electron chi connectivity index (χ1n) is 3.82. The molecule has 66 valence electrons. The van der Waals surface area contributed by atoms with E-state index in [2.05, 4.69) is 4.98 Å². The molecule has 1 amide bonds. The quantitative estimate of drug-likeness (QED) is 0.613. The molecule has 0 bridgehead atoms. The van der Waals surface area contributed by atoms with E-state index in [0.29, 0.717) is 11.3 Å². The van der Waals surface area contributed by atoms with Crippen molar-refractivity contribution < 1.29 is 4.79 Å². The molecule has 0 aromatic heterocycles. The molecule has 4 heteroatoms. The lowest BCUT2D eigenvalue weighted by molar-refractivity contribution is 0.0828. The first-order chi connectivity index (χ1) is 6.16. The summed E-state index contributed by atoms with van der Waals surface area (Å²) in [6.45, 7) is 0. The van der Waals surface area contributed by atoms with E-state index in [1.54, 1.807) is 38.4 Å². The first-order valence-corrected chi connectivity index (χ1v) is 3.82. The second-order valence-electron chi connectivity index (χ2n) is 2.82. The van der Waals surface area contributed by atoms with Crippen LogP contribution in [-0.4, -0.2) is 24.9 Å². The van der Waals surface area contributed by atoms with E-state index in [0.717, 1.165) is 0 Å². The van der Waals surface area contributed by atoms with E-state index >= 15 is 0 Å². The molecule has 1 aromatic carbocycles. The van der Waals surface area contributed by atoms with Crippen LogP contribution in [0.1, 0.15) is 10.4 Å². The van der Waals surface area contributed by atoms with Gasteiger partial charge in [-0.3, -0.25) is 4.79 Å². The van der Waals surface area contributed by atoms with Gasteiger partial charge in [0.15, 0.2) is 4.98 Å². The SMILES string of the molecule is CN(C)C(=O)c1ccccc1[N+]#N. The summed E-state index contributed by atoms with van der Waals surface area (Å²) in [5.41, 5.74) is 0.691. The monoisotopic (exact) mass is 176 g/mol. The minimum atomic E-state index is -0.173. The van der Waals surface area contributed by atoms with Gasteiger partial charge in [0.1, 0.15) is 5.56 Å². The Morgan fingerprint density at radius 3 is 2.54 bits per heavy atom. The number of hydrogen-bond acceptors (Lipinski definition) is 2. The Kier molecular flexibility index (Phi) is 2.60. The molecule has 0 spiro atoms. The largest absolute Gasteiger partial charge is 0.397 e. The van der Waals surface area contributed by atoms with Crippen LogP contribution in [0.25, 0.3) is 4.98 Å². The molecule has 0 atom stereocenters. The Morgan fingerprint density at radius 1 is 1.38 bits per heavy atom. The second kappa shape index (κ2) is 3.68. The van der Waals surface area contributed by atoms with Gasteiger partial charge in [0.2, 0.25) is 5.39 Å². The zero-order valence-corrected chi connectivity index (χ0v) is 7.56. The van der Waals surface area contributed by atoms with Gasteiger partial charge in [0, 0.05) is 20.2 Å². The second-order valence-corrected chi connectivity index (χ2v) is 2.82. The van der Waals surface area contributed by atoms with Gasteiger partial charge < -0.3 is 4.90 Å². The Labute approximate surface area is 76.4 Å². The van der Waals surface area contributed by atoms with Gasteiger partial charge in [0.05, 0.1) is 0 Å². The van der Waals surface area contributed by atoms with Gasteiger partial charge in [-0.15, -0.1) is 0 Å². The first kappa shape index (κ1) is 9.20. The van der Waals surface area contributed by atoms with Gasteiger partial charge >= 0.3 is 5.69 Å². The fourth-order valence-corrected chi connectivity index (χ4v) is 0.983. The lowest BCUT2D eigenvalue weighted by Gasteiger charge is -2.07. The number of carbonyl (C=O) groups is 1. The smallest absolute Gasteiger partial charge is 0.345 e. The number of rotatable bonds is 1. The lowest BCUT2D eigenvalue weighted by Crippen LogP contribution is -2.21. The van der Waals surface area contributed by atoms with Crippen LogP contribution < -0.4 is 0 Å². The maximum Gasteiger partial charge on any atom is 0.397 e. The summed E-state index contributed by atoms with van der Waals surface area (Å²) in [5.74, 6) is -0.173. The summed E-state index contributed by atoms with van der Waals surface area (Å²) in [6, 6.07) is 6.64. The fraction of sp³-hybridized carbons (Fsp3) is 0.222. The molecule has 4 nitrogen and oxygen atoms in total. The maximum absolute atomic E-state index is 11.5. The number of benzene rings is 1. The van der Waals surface area contributed by atoms with Crippen LogP contribution in [-0.2, 0) is 0 Å². The van der Waals surface area contributed by atoms with Gasteiger partial charge in [0.25, 0.3) is 5.91 Å². The fourth-order valence-electron chi connectivity index (χ4n) is 0.983. The van der Waals surface area contributed by atoms with Gasteiger partial charge in [-0.2, -0.15) is 0 Å². The van der Waals surface area contributed by atoms with Crippen LogP contribution in [0.4, 0.5) is 5.69 Å². The van der Waals surface area contributed by atoms with E-state index in [-0.39, 0.29) is 5.91 Å². The molecular weight excluding hydrogens is 166 g/mol. The van der Waals surface area contributed by atoms with Gasteiger partial charge in [-0.05, 0) is 6.07 Å². The Morgan fingerprint density at radius 2 is 2.00 bits per heavy atom. The van der Waals surface area contributed by atoms with Crippen molar-refractivity contribution in [1.82, 2.24) is 4.90 Å². The van der Waals surface area contributed by atoms with Crippen molar-refractivity contribution in [2.45, 2.75) is 0 Å². The van der Waals surface area contributed by atoms with Crippen molar-refractivity contribution in [3.8, 4) is 0 Å². The highest BCUT2D eigenvalue weighted by Gasteiger charge is 2.20. The number of diazo groups is 1. The van der Waals surface area contributed by atoms with Crippen LogP contribution in [0.2, 0.25) is 0 Å². The number of hydrogen-bond donors (Lipinski definition) is 0. The van der Waals surface area contributed by atoms with Crippen LogP contribution in [0.3, 0.4) is 0 Å². The molecule has 0 saturated heterocycles. The van der Waals surface area contributed by atoms with Gasteiger partial charge in [-0.25, -0.2) is 0 Å². The third-order valence-electron chi connectivity index (χ3n) is 1.65. The summed E-state index contributed by atoms with van der Waals surface area (Å²) in [4.78, 5) is 15.9. The van der Waals surface area contributed by atoms with E-state index in [9.17, 15) is 4.79 Å². The average molecular weight is 176 g/mol. The minimum Gasteiger partial charge on any atom is -0.345 e. The third-order valence-corrected chi connectivity index (χ3v) is 1.65. The summed E-state index contributed by atoms with van der Waals surface area (Å²) in [7, 11) is 3.30. The van der Waals surface area contributed by atoms with Crippen molar-refractivity contribution in [2.24, 2.45) is 0 Å². The topological polar surface area (TPSA) is 48.5 Å². The summed E-state index contributed by atoms with van der Waals surface area (Å²) in [6.07, 6.45) is 0. The molecule has 0 N–H and O–H groups in total. The van der Waals surface area contributed by atoms with Crippen molar-refractivity contribution in [3.05, 3.63) is 34.8 Å². The Hall–Kier alpha value is -1.89. The predicted octanol–water partition coefficient (Wildman–Crippen LogP) is 1.87. The molecule has 0 aliphatic rings. The standard InChI is InChI=1S/C9H10N3O/c1-12(2)9(13)7-5-3-4-6-8(7)11-10/h3-6H,1-2H3/q+1. The highest BCUT2D eigenvalue weighted by molar-refractivity contribution is 5.99. The minimum absolute atomic E-state index is 0.173. The average Bonchev–Trinajstić information content (AvgIpc) is 2.16. The van der Waals surface area contributed by atoms with E-state index in [1.165, 1.54) is 4.90 Å². The van der Waals surface area contributed by atoms with E-state index in [4.69, 9.17) is 5.39 Å². The molecule has 13 heavy (non-hydrogen) atoms. The van der Waals surface area contributed by atoms with Crippen LogP contribution in [0, 0.1) is 5.39 Å². The molecule has 1 rings (SSSR count). The molecular formula is C9H10N3O+. The van der Waals surface area contributed by atoms with Crippen molar-refractivity contribution in [3.63, 3.8) is 0 Å². The molecule has 0 heterocycles. The molecule has 0 fully saturated rings. The molecule has 0 saturated carbocycles. The normalized spacial score (nSPS) is 9.00. The highest BCUT2D eigenvalue weighted by Crippen LogP contribution is 2.19. The summed E-state index contributed by atoms with van der Waals surface area (Å²) >= 11 is 0. The van der Waals surface area contributed by atoms with Crippen LogP contribution in [0.15, 0.2) is 24.3 Å². The van der Waals surface area contributed by atoms with E-state index < -0.39 is 0 Å². The summed E-state index contributed by atoms with van der Waals surface area (Å²) < 4.78 is 0. The van der Waals surface area contributed by atoms with Gasteiger partial charge in [-0.1, -0.05) is 12.1 Å².